The highest BCUT2D eigenvalue weighted by atomic mass is 16.5. The van der Waals surface area contributed by atoms with Crippen LogP contribution in [0.1, 0.15) is 27.7 Å². The molecule has 0 amide bonds. The van der Waals surface area contributed by atoms with Gasteiger partial charge < -0.3 is 15.4 Å². The summed E-state index contributed by atoms with van der Waals surface area (Å²) in [6, 6.07) is 0.132. The summed E-state index contributed by atoms with van der Waals surface area (Å²) in [7, 11) is 1.70. The van der Waals surface area contributed by atoms with Gasteiger partial charge in [-0.25, -0.2) is 0 Å². The normalized spacial score (nSPS) is 14.2. The molecular formula is C12H28N2O. The second-order valence-electron chi connectivity index (χ2n) is 5.22. The number of methoxy groups -OCH3 is 1. The minimum absolute atomic E-state index is 0.132. The monoisotopic (exact) mass is 216 g/mol. The molecule has 2 N–H and O–H groups in total. The van der Waals surface area contributed by atoms with Crippen molar-refractivity contribution in [2.24, 2.45) is 17.6 Å². The van der Waals surface area contributed by atoms with Gasteiger partial charge in [-0.2, -0.15) is 0 Å². The average Bonchev–Trinajstić information content (AvgIpc) is 2.00. The third-order valence-electron chi connectivity index (χ3n) is 2.12. The first-order valence-corrected chi connectivity index (χ1v) is 5.92. The van der Waals surface area contributed by atoms with Crippen molar-refractivity contribution in [3.8, 4) is 0 Å². The fourth-order valence-corrected chi connectivity index (χ4v) is 1.85. The molecule has 0 radical (unpaired) electrons. The molecule has 0 aromatic heterocycles. The third kappa shape index (κ3) is 8.85. The van der Waals surface area contributed by atoms with Crippen molar-refractivity contribution in [1.82, 2.24) is 4.90 Å². The van der Waals surface area contributed by atoms with Crippen LogP contribution in [0.2, 0.25) is 0 Å². The zero-order valence-corrected chi connectivity index (χ0v) is 11.0. The van der Waals surface area contributed by atoms with Gasteiger partial charge in [0.15, 0.2) is 0 Å². The Bertz CT molecular complexity index is 139. The van der Waals surface area contributed by atoms with Crippen LogP contribution in [0.4, 0.5) is 0 Å². The molecule has 1 unspecified atom stereocenters. The first-order valence-electron chi connectivity index (χ1n) is 5.92. The van der Waals surface area contributed by atoms with Gasteiger partial charge in [-0.05, 0) is 11.8 Å². The number of nitrogens with zero attached hydrogens (tertiary/aromatic N) is 1. The van der Waals surface area contributed by atoms with Crippen LogP contribution in [0.5, 0.6) is 0 Å². The highest BCUT2D eigenvalue weighted by molar-refractivity contribution is 4.70. The molecule has 0 aliphatic rings. The molecule has 15 heavy (non-hydrogen) atoms. The maximum Gasteiger partial charge on any atom is 0.0626 e. The molecule has 0 aliphatic carbocycles. The van der Waals surface area contributed by atoms with Crippen molar-refractivity contribution in [3.05, 3.63) is 0 Å². The Kier molecular flexibility index (Phi) is 8.02. The zero-order valence-electron chi connectivity index (χ0n) is 11.0. The topological polar surface area (TPSA) is 38.5 Å². The standard InChI is InChI=1S/C12H28N2O/c1-10(2)6-14(7-11(3)4)8-12(13)9-15-5/h10-12H,6-9,13H2,1-5H3. The number of rotatable bonds is 8. The Labute approximate surface area is 95.0 Å². The zero-order chi connectivity index (χ0) is 11.8. The van der Waals surface area contributed by atoms with Gasteiger partial charge in [0.2, 0.25) is 0 Å². The van der Waals surface area contributed by atoms with E-state index in [1.54, 1.807) is 7.11 Å². The van der Waals surface area contributed by atoms with Gasteiger partial charge in [-0.1, -0.05) is 27.7 Å². The third-order valence-corrected chi connectivity index (χ3v) is 2.12. The van der Waals surface area contributed by atoms with E-state index in [0.29, 0.717) is 18.4 Å². The van der Waals surface area contributed by atoms with Crippen LogP contribution in [-0.2, 0) is 4.74 Å². The summed E-state index contributed by atoms with van der Waals surface area (Å²) in [5, 5.41) is 0. The number of ether oxygens (including phenoxy) is 1. The molecule has 0 heterocycles. The Balaban J connectivity index is 3.99. The molecule has 92 valence electrons. The van der Waals surface area contributed by atoms with E-state index in [0.717, 1.165) is 19.6 Å². The second kappa shape index (κ2) is 8.08. The van der Waals surface area contributed by atoms with Gasteiger partial charge in [-0.3, -0.25) is 0 Å². The minimum atomic E-state index is 0.132. The molecular weight excluding hydrogens is 188 g/mol. The average molecular weight is 216 g/mol. The molecule has 0 aromatic rings. The lowest BCUT2D eigenvalue weighted by molar-refractivity contribution is 0.141. The molecule has 0 saturated heterocycles. The van der Waals surface area contributed by atoms with Crippen molar-refractivity contribution in [3.63, 3.8) is 0 Å². The van der Waals surface area contributed by atoms with E-state index >= 15 is 0 Å². The summed E-state index contributed by atoms with van der Waals surface area (Å²) in [5.74, 6) is 1.39. The predicted octanol–water partition coefficient (Wildman–Crippen LogP) is 1.57. The molecule has 0 fully saturated rings. The van der Waals surface area contributed by atoms with Crippen molar-refractivity contribution in [2.75, 3.05) is 33.4 Å². The lowest BCUT2D eigenvalue weighted by Gasteiger charge is -2.28. The Hall–Kier alpha value is -0.120. The summed E-state index contributed by atoms with van der Waals surface area (Å²) >= 11 is 0. The summed E-state index contributed by atoms with van der Waals surface area (Å²) in [5.41, 5.74) is 5.97. The van der Waals surface area contributed by atoms with E-state index in [2.05, 4.69) is 32.6 Å². The van der Waals surface area contributed by atoms with Crippen LogP contribution in [0.15, 0.2) is 0 Å². The largest absolute Gasteiger partial charge is 0.383 e. The molecule has 0 saturated carbocycles. The maximum absolute atomic E-state index is 5.97. The molecule has 0 aromatic carbocycles. The molecule has 0 spiro atoms. The van der Waals surface area contributed by atoms with Crippen LogP contribution >= 0.6 is 0 Å². The first kappa shape index (κ1) is 14.9. The first-order chi connectivity index (χ1) is 6.95. The van der Waals surface area contributed by atoms with Crippen LogP contribution in [0, 0.1) is 11.8 Å². The number of hydrogen-bond donors (Lipinski definition) is 1. The van der Waals surface area contributed by atoms with Crippen LogP contribution in [0.3, 0.4) is 0 Å². The van der Waals surface area contributed by atoms with E-state index < -0.39 is 0 Å². The predicted molar refractivity (Wildman–Crippen MR) is 66.0 cm³/mol. The maximum atomic E-state index is 5.97. The Morgan fingerprint density at radius 1 is 1.00 bits per heavy atom. The fraction of sp³-hybridized carbons (Fsp3) is 1.00. The Morgan fingerprint density at radius 3 is 1.80 bits per heavy atom. The second-order valence-corrected chi connectivity index (χ2v) is 5.22. The molecule has 3 nitrogen and oxygen atoms in total. The molecule has 3 heteroatoms. The summed E-state index contributed by atoms with van der Waals surface area (Å²) < 4.78 is 5.06. The molecule has 1 atom stereocenters. The van der Waals surface area contributed by atoms with E-state index in [1.807, 2.05) is 0 Å². The van der Waals surface area contributed by atoms with Crippen molar-refractivity contribution in [2.45, 2.75) is 33.7 Å². The van der Waals surface area contributed by atoms with E-state index in [9.17, 15) is 0 Å². The van der Waals surface area contributed by atoms with Gasteiger partial charge >= 0.3 is 0 Å². The highest BCUT2D eigenvalue weighted by Gasteiger charge is 2.13. The van der Waals surface area contributed by atoms with Gasteiger partial charge in [0.25, 0.3) is 0 Å². The fourth-order valence-electron chi connectivity index (χ4n) is 1.85. The summed E-state index contributed by atoms with van der Waals surface area (Å²) in [6.45, 7) is 12.8. The van der Waals surface area contributed by atoms with Gasteiger partial charge in [-0.15, -0.1) is 0 Å². The summed E-state index contributed by atoms with van der Waals surface area (Å²) in [6.07, 6.45) is 0. The van der Waals surface area contributed by atoms with Crippen molar-refractivity contribution >= 4 is 0 Å². The van der Waals surface area contributed by atoms with Gasteiger partial charge in [0.05, 0.1) is 6.61 Å². The lowest BCUT2D eigenvalue weighted by Crippen LogP contribution is -2.43. The smallest absolute Gasteiger partial charge is 0.0626 e. The number of hydrogen-bond acceptors (Lipinski definition) is 3. The van der Waals surface area contributed by atoms with Crippen LogP contribution in [0.25, 0.3) is 0 Å². The minimum Gasteiger partial charge on any atom is -0.383 e. The van der Waals surface area contributed by atoms with Crippen molar-refractivity contribution in [1.29, 1.82) is 0 Å². The van der Waals surface area contributed by atoms with E-state index in [4.69, 9.17) is 10.5 Å². The van der Waals surface area contributed by atoms with Gasteiger partial charge in [0.1, 0.15) is 0 Å². The van der Waals surface area contributed by atoms with E-state index in [-0.39, 0.29) is 6.04 Å². The van der Waals surface area contributed by atoms with Crippen LogP contribution in [-0.4, -0.2) is 44.3 Å². The van der Waals surface area contributed by atoms with Crippen molar-refractivity contribution < 1.29 is 4.74 Å². The highest BCUT2D eigenvalue weighted by Crippen LogP contribution is 2.04. The molecule has 0 aliphatic heterocycles. The van der Waals surface area contributed by atoms with Gasteiger partial charge in [0, 0.05) is 32.8 Å². The quantitative estimate of drug-likeness (QED) is 0.669. The SMILES string of the molecule is COCC(N)CN(CC(C)C)CC(C)C. The Morgan fingerprint density at radius 2 is 1.47 bits per heavy atom. The van der Waals surface area contributed by atoms with E-state index in [1.165, 1.54) is 0 Å². The molecule has 0 bridgehead atoms. The summed E-state index contributed by atoms with van der Waals surface area (Å²) in [4.78, 5) is 2.44. The molecule has 0 rings (SSSR count). The lowest BCUT2D eigenvalue weighted by atomic mass is 10.1. The van der Waals surface area contributed by atoms with Crippen LogP contribution < -0.4 is 5.73 Å². The number of nitrogens with two attached hydrogens (primary N) is 1.